The third-order valence-corrected chi connectivity index (χ3v) is 2.99. The Balaban J connectivity index is 1.97. The Labute approximate surface area is 128 Å². The summed E-state index contributed by atoms with van der Waals surface area (Å²) < 4.78 is 11.5. The average molecular weight is 302 g/mol. The first kappa shape index (κ1) is 15.8. The van der Waals surface area contributed by atoms with Crippen LogP contribution in [0.3, 0.4) is 0 Å². The van der Waals surface area contributed by atoms with Gasteiger partial charge in [-0.25, -0.2) is 4.79 Å². The largest absolute Gasteiger partial charge is 0.465 e. The summed E-state index contributed by atoms with van der Waals surface area (Å²) in [4.78, 5) is 23.4. The summed E-state index contributed by atoms with van der Waals surface area (Å²) in [5, 5.41) is 4.09. The van der Waals surface area contributed by atoms with Crippen LogP contribution in [-0.2, 0) is 27.4 Å². The predicted octanol–water partition coefficient (Wildman–Crippen LogP) is 2.11. The van der Waals surface area contributed by atoms with Gasteiger partial charge >= 0.3 is 11.9 Å². The molecule has 6 nitrogen and oxygen atoms in total. The van der Waals surface area contributed by atoms with E-state index in [0.29, 0.717) is 12.3 Å². The van der Waals surface area contributed by atoms with E-state index in [2.05, 4.69) is 5.10 Å². The first-order valence-corrected chi connectivity index (χ1v) is 7.01. The van der Waals surface area contributed by atoms with Crippen LogP contribution in [0.1, 0.15) is 28.7 Å². The molecular formula is C16H18N2O4. The molecule has 6 heteroatoms. The number of carbonyl (C=O) groups is 2. The molecule has 0 spiro atoms. The van der Waals surface area contributed by atoms with E-state index in [1.165, 1.54) is 4.68 Å². The highest BCUT2D eigenvalue weighted by Gasteiger charge is 2.15. The van der Waals surface area contributed by atoms with Gasteiger partial charge in [-0.05, 0) is 25.5 Å². The Bertz CT molecular complexity index is 649. The van der Waals surface area contributed by atoms with Crippen LogP contribution < -0.4 is 0 Å². The van der Waals surface area contributed by atoms with Crippen molar-refractivity contribution in [3.8, 4) is 0 Å². The van der Waals surface area contributed by atoms with Crippen molar-refractivity contribution < 1.29 is 19.1 Å². The van der Waals surface area contributed by atoms with Gasteiger partial charge in [0.05, 0.1) is 6.61 Å². The molecule has 22 heavy (non-hydrogen) atoms. The van der Waals surface area contributed by atoms with Gasteiger partial charge in [-0.2, -0.15) is 5.10 Å². The van der Waals surface area contributed by atoms with Crippen molar-refractivity contribution in [2.24, 2.45) is 0 Å². The Kier molecular flexibility index (Phi) is 5.30. The van der Waals surface area contributed by atoms with Gasteiger partial charge in [0.25, 0.3) is 0 Å². The molecule has 2 aromatic rings. The predicted molar refractivity (Wildman–Crippen MR) is 79.2 cm³/mol. The summed E-state index contributed by atoms with van der Waals surface area (Å²) in [5.41, 5.74) is 1.77. The maximum atomic E-state index is 12.0. The molecule has 1 aromatic carbocycles. The summed E-state index contributed by atoms with van der Waals surface area (Å²) in [5.74, 6) is -0.910. The number of rotatable bonds is 6. The van der Waals surface area contributed by atoms with Gasteiger partial charge in [-0.15, -0.1) is 0 Å². The van der Waals surface area contributed by atoms with Crippen molar-refractivity contribution in [2.75, 3.05) is 6.61 Å². The Morgan fingerprint density at radius 2 is 1.91 bits per heavy atom. The highest BCUT2D eigenvalue weighted by molar-refractivity contribution is 5.87. The zero-order valence-electron chi connectivity index (χ0n) is 12.6. The number of esters is 2. The van der Waals surface area contributed by atoms with Crippen molar-refractivity contribution in [3.05, 3.63) is 53.3 Å². The smallest absolute Gasteiger partial charge is 0.359 e. The molecule has 0 radical (unpaired) electrons. The summed E-state index contributed by atoms with van der Waals surface area (Å²) in [6.07, 6.45) is 0. The molecule has 0 amide bonds. The molecule has 0 atom stereocenters. The monoisotopic (exact) mass is 302 g/mol. The van der Waals surface area contributed by atoms with E-state index in [1.807, 2.05) is 30.3 Å². The first-order chi connectivity index (χ1) is 10.6. The third-order valence-electron chi connectivity index (χ3n) is 2.99. The van der Waals surface area contributed by atoms with E-state index in [-0.39, 0.29) is 18.8 Å². The lowest BCUT2D eigenvalue weighted by atomic mass is 10.2. The topological polar surface area (TPSA) is 70.4 Å². The Morgan fingerprint density at radius 1 is 1.18 bits per heavy atom. The number of hydrogen-bond acceptors (Lipinski definition) is 5. The maximum Gasteiger partial charge on any atom is 0.359 e. The van der Waals surface area contributed by atoms with E-state index in [1.54, 1.807) is 19.9 Å². The molecule has 0 bridgehead atoms. The fraction of sp³-hybridized carbons (Fsp3) is 0.312. The minimum atomic E-state index is -0.519. The summed E-state index contributed by atoms with van der Waals surface area (Å²) in [7, 11) is 0. The minimum absolute atomic E-state index is 0.0222. The van der Waals surface area contributed by atoms with Gasteiger partial charge in [-0.1, -0.05) is 30.3 Å². The Hall–Kier alpha value is -2.63. The summed E-state index contributed by atoms with van der Waals surface area (Å²) >= 11 is 0. The number of nitrogens with zero attached hydrogens (tertiary/aromatic N) is 2. The highest BCUT2D eigenvalue weighted by atomic mass is 16.5. The fourth-order valence-electron chi connectivity index (χ4n) is 1.90. The second kappa shape index (κ2) is 7.40. The molecule has 0 aliphatic heterocycles. The fourth-order valence-corrected chi connectivity index (χ4v) is 1.90. The zero-order valence-corrected chi connectivity index (χ0v) is 12.6. The van der Waals surface area contributed by atoms with Crippen molar-refractivity contribution in [2.45, 2.75) is 27.0 Å². The summed E-state index contributed by atoms with van der Waals surface area (Å²) in [6, 6.07) is 11.0. The molecule has 0 unspecified atom stereocenters. The minimum Gasteiger partial charge on any atom is -0.465 e. The van der Waals surface area contributed by atoms with E-state index in [4.69, 9.17) is 9.47 Å². The van der Waals surface area contributed by atoms with E-state index < -0.39 is 11.9 Å². The van der Waals surface area contributed by atoms with E-state index >= 15 is 0 Å². The number of aromatic nitrogens is 2. The molecule has 116 valence electrons. The maximum absolute atomic E-state index is 12.0. The number of ether oxygens (including phenoxy) is 2. The van der Waals surface area contributed by atoms with Crippen LogP contribution in [0.25, 0.3) is 0 Å². The number of hydrogen-bond donors (Lipinski definition) is 0. The van der Waals surface area contributed by atoms with Crippen molar-refractivity contribution >= 4 is 11.9 Å². The first-order valence-electron chi connectivity index (χ1n) is 7.01. The van der Waals surface area contributed by atoms with Crippen LogP contribution in [0.4, 0.5) is 0 Å². The number of carbonyl (C=O) groups excluding carboxylic acids is 2. The average Bonchev–Trinajstić information content (AvgIpc) is 2.87. The summed E-state index contributed by atoms with van der Waals surface area (Å²) in [6.45, 7) is 3.97. The molecule has 0 aliphatic carbocycles. The SMILES string of the molecule is CCOC(=O)Cn1nc(C(=O)OCc2ccccc2)cc1C. The quantitative estimate of drug-likeness (QED) is 0.764. The molecule has 0 N–H and O–H groups in total. The normalized spacial score (nSPS) is 10.3. The van der Waals surface area contributed by atoms with Gasteiger partial charge in [0.15, 0.2) is 5.69 Å². The lowest BCUT2D eigenvalue weighted by molar-refractivity contribution is -0.144. The van der Waals surface area contributed by atoms with Crippen LogP contribution in [0, 0.1) is 6.92 Å². The molecule has 0 fully saturated rings. The second-order valence-electron chi connectivity index (χ2n) is 4.70. The molecular weight excluding hydrogens is 284 g/mol. The second-order valence-corrected chi connectivity index (χ2v) is 4.70. The standard InChI is InChI=1S/C16H18N2O4/c1-3-21-15(19)10-18-12(2)9-14(17-18)16(20)22-11-13-7-5-4-6-8-13/h4-9H,3,10-11H2,1-2H3. The molecule has 0 saturated heterocycles. The number of aryl methyl sites for hydroxylation is 1. The highest BCUT2D eigenvalue weighted by Crippen LogP contribution is 2.08. The van der Waals surface area contributed by atoms with E-state index in [9.17, 15) is 9.59 Å². The van der Waals surface area contributed by atoms with Crippen LogP contribution in [-0.4, -0.2) is 28.3 Å². The molecule has 1 heterocycles. The third kappa shape index (κ3) is 4.18. The van der Waals surface area contributed by atoms with Crippen LogP contribution >= 0.6 is 0 Å². The van der Waals surface area contributed by atoms with Crippen molar-refractivity contribution in [3.63, 3.8) is 0 Å². The van der Waals surface area contributed by atoms with Crippen LogP contribution in [0.2, 0.25) is 0 Å². The van der Waals surface area contributed by atoms with Crippen molar-refractivity contribution in [1.82, 2.24) is 9.78 Å². The van der Waals surface area contributed by atoms with Gasteiger partial charge in [-0.3, -0.25) is 9.48 Å². The van der Waals surface area contributed by atoms with Crippen LogP contribution in [0.15, 0.2) is 36.4 Å². The number of benzene rings is 1. The van der Waals surface area contributed by atoms with Gasteiger partial charge in [0.2, 0.25) is 0 Å². The molecule has 0 saturated carbocycles. The Morgan fingerprint density at radius 3 is 2.59 bits per heavy atom. The lowest BCUT2D eigenvalue weighted by Gasteiger charge is -2.04. The van der Waals surface area contributed by atoms with Crippen LogP contribution in [0.5, 0.6) is 0 Å². The zero-order chi connectivity index (χ0) is 15.9. The molecule has 0 aliphatic rings. The lowest BCUT2D eigenvalue weighted by Crippen LogP contribution is -2.16. The van der Waals surface area contributed by atoms with Crippen molar-refractivity contribution in [1.29, 1.82) is 0 Å². The molecule has 1 aromatic heterocycles. The van der Waals surface area contributed by atoms with Gasteiger partial charge in [0.1, 0.15) is 13.2 Å². The molecule has 2 rings (SSSR count). The van der Waals surface area contributed by atoms with Gasteiger partial charge < -0.3 is 9.47 Å². The van der Waals surface area contributed by atoms with Gasteiger partial charge in [0, 0.05) is 5.69 Å². The van der Waals surface area contributed by atoms with E-state index in [0.717, 1.165) is 5.56 Å².